The Morgan fingerprint density at radius 3 is 2.75 bits per heavy atom. The Hall–Kier alpha value is 0.310. The summed E-state index contributed by atoms with van der Waals surface area (Å²) < 4.78 is 0. The zero-order valence-electron chi connectivity index (χ0n) is 4.72. The van der Waals surface area contributed by atoms with Crippen molar-refractivity contribution in [1.29, 1.82) is 0 Å². The topological polar surface area (TPSA) is 12.0 Å². The van der Waals surface area contributed by atoms with Crippen molar-refractivity contribution in [3.63, 3.8) is 0 Å². The summed E-state index contributed by atoms with van der Waals surface area (Å²) >= 11 is 4.42. The maximum atomic E-state index is 4.42. The Morgan fingerprint density at radius 2 is 2.50 bits per heavy atom. The minimum absolute atomic E-state index is 0.626. The predicted octanol–water partition coefficient (Wildman–Crippen LogP) is 0.625. The Kier molecular flexibility index (Phi) is 1.05. The van der Waals surface area contributed by atoms with Gasteiger partial charge in [0.25, 0.3) is 0 Å². The molecule has 1 saturated heterocycles. The molecule has 2 fully saturated rings. The van der Waals surface area contributed by atoms with Crippen LogP contribution in [0.4, 0.5) is 0 Å². The van der Waals surface area contributed by atoms with Crippen LogP contribution in [0.1, 0.15) is 12.8 Å². The van der Waals surface area contributed by atoms with E-state index < -0.39 is 0 Å². The molecule has 8 heavy (non-hydrogen) atoms. The zero-order valence-corrected chi connectivity index (χ0v) is 5.62. The molecule has 1 nitrogen and oxygen atoms in total. The van der Waals surface area contributed by atoms with E-state index in [0.29, 0.717) is 5.25 Å². The third-order valence-electron chi connectivity index (χ3n) is 2.11. The van der Waals surface area contributed by atoms with Gasteiger partial charge in [0.1, 0.15) is 0 Å². The van der Waals surface area contributed by atoms with Gasteiger partial charge in [0.15, 0.2) is 0 Å². The lowest BCUT2D eigenvalue weighted by atomic mass is 10.1. The molecular weight excluding hydrogens is 118 g/mol. The normalized spacial score (nSPS) is 46.1. The van der Waals surface area contributed by atoms with E-state index in [1.807, 2.05) is 0 Å². The van der Waals surface area contributed by atoms with Crippen molar-refractivity contribution in [2.45, 2.75) is 24.1 Å². The minimum atomic E-state index is 0.626. The number of piperidine rings is 1. The lowest BCUT2D eigenvalue weighted by Crippen LogP contribution is -2.29. The first-order valence-electron chi connectivity index (χ1n) is 3.12. The highest BCUT2D eigenvalue weighted by molar-refractivity contribution is 7.81. The molecule has 45 valence electrons. The molecular formula is C6H10NS. The quantitative estimate of drug-likeness (QED) is 0.456. The molecule has 1 aliphatic heterocycles. The molecule has 1 heterocycles. The van der Waals surface area contributed by atoms with Gasteiger partial charge in [-0.15, -0.1) is 0 Å². The van der Waals surface area contributed by atoms with Gasteiger partial charge >= 0.3 is 0 Å². The van der Waals surface area contributed by atoms with Crippen LogP contribution in [-0.2, 0) is 0 Å². The summed E-state index contributed by atoms with van der Waals surface area (Å²) in [4.78, 5) is 0. The molecule has 1 radical (unpaired) electrons. The third kappa shape index (κ3) is 0.594. The van der Waals surface area contributed by atoms with Crippen LogP contribution in [0.2, 0.25) is 0 Å². The highest BCUT2D eigenvalue weighted by atomic mass is 32.1. The van der Waals surface area contributed by atoms with Crippen molar-refractivity contribution in [3.8, 4) is 0 Å². The highest BCUT2D eigenvalue weighted by Crippen LogP contribution is 2.36. The number of thiol groups is 1. The molecule has 2 bridgehead atoms. The molecule has 0 aromatic carbocycles. The molecule has 1 N–H and O–H groups in total. The van der Waals surface area contributed by atoms with Crippen molar-refractivity contribution >= 4 is 12.6 Å². The van der Waals surface area contributed by atoms with E-state index in [2.05, 4.69) is 17.9 Å². The predicted molar refractivity (Wildman–Crippen MR) is 37.0 cm³/mol. The summed E-state index contributed by atoms with van der Waals surface area (Å²) in [5, 5.41) is 4.03. The minimum Gasteiger partial charge on any atom is -0.313 e. The summed E-state index contributed by atoms with van der Waals surface area (Å²) in [5.74, 6) is 1.62. The summed E-state index contributed by atoms with van der Waals surface area (Å²) in [6.45, 7) is 1.14. The Morgan fingerprint density at radius 1 is 1.62 bits per heavy atom. The molecule has 0 aromatic heterocycles. The standard InChI is InChI=1S/C6H10NS/c8-6-2-5-1-4(6)3-7-5/h5-8H,1-3H2. The molecule has 1 aliphatic carbocycles. The number of hydrogen-bond acceptors (Lipinski definition) is 2. The van der Waals surface area contributed by atoms with Gasteiger partial charge in [0, 0.05) is 23.8 Å². The van der Waals surface area contributed by atoms with E-state index in [-0.39, 0.29) is 0 Å². The van der Waals surface area contributed by atoms with Gasteiger partial charge in [0.2, 0.25) is 0 Å². The smallest absolute Gasteiger partial charge is 0.0107 e. The molecule has 2 aliphatic rings. The fourth-order valence-corrected chi connectivity index (χ4v) is 2.04. The second-order valence-corrected chi connectivity index (χ2v) is 3.32. The van der Waals surface area contributed by atoms with E-state index in [4.69, 9.17) is 0 Å². The molecule has 0 aromatic rings. The average molecular weight is 128 g/mol. The SMILES string of the molecule is SC1CC2C[C]1CN2. The molecule has 2 atom stereocenters. The van der Waals surface area contributed by atoms with Gasteiger partial charge in [-0.1, -0.05) is 0 Å². The summed E-state index contributed by atoms with van der Waals surface area (Å²) in [7, 11) is 0. The lowest BCUT2D eigenvalue weighted by molar-refractivity contribution is 0.575. The van der Waals surface area contributed by atoms with Crippen LogP contribution in [0.5, 0.6) is 0 Å². The van der Waals surface area contributed by atoms with Gasteiger partial charge in [-0.2, -0.15) is 12.6 Å². The second kappa shape index (κ2) is 1.64. The van der Waals surface area contributed by atoms with E-state index in [1.54, 1.807) is 5.92 Å². The van der Waals surface area contributed by atoms with Crippen LogP contribution in [-0.4, -0.2) is 17.8 Å². The van der Waals surface area contributed by atoms with Crippen LogP contribution in [0.25, 0.3) is 0 Å². The van der Waals surface area contributed by atoms with E-state index in [1.165, 1.54) is 12.8 Å². The van der Waals surface area contributed by atoms with Crippen molar-refractivity contribution < 1.29 is 0 Å². The molecule has 0 spiro atoms. The first-order valence-corrected chi connectivity index (χ1v) is 3.64. The van der Waals surface area contributed by atoms with Gasteiger partial charge in [-0.3, -0.25) is 0 Å². The number of fused-ring (bicyclic) bond motifs is 2. The first-order chi connectivity index (χ1) is 3.86. The highest BCUT2D eigenvalue weighted by Gasteiger charge is 2.37. The molecule has 2 rings (SSSR count). The van der Waals surface area contributed by atoms with Gasteiger partial charge in [0.05, 0.1) is 0 Å². The maximum absolute atomic E-state index is 4.42. The molecule has 0 amide bonds. The van der Waals surface area contributed by atoms with Gasteiger partial charge in [-0.25, -0.2) is 0 Å². The summed E-state index contributed by atoms with van der Waals surface area (Å²) in [6.07, 6.45) is 2.56. The van der Waals surface area contributed by atoms with E-state index in [0.717, 1.165) is 12.6 Å². The lowest BCUT2D eigenvalue weighted by Gasteiger charge is -2.15. The number of hydrogen-bond donors (Lipinski definition) is 2. The van der Waals surface area contributed by atoms with Crippen LogP contribution in [0.15, 0.2) is 0 Å². The van der Waals surface area contributed by atoms with Gasteiger partial charge < -0.3 is 5.32 Å². The fraction of sp³-hybridized carbons (Fsp3) is 0.833. The van der Waals surface area contributed by atoms with Crippen molar-refractivity contribution in [2.24, 2.45) is 0 Å². The van der Waals surface area contributed by atoms with Crippen LogP contribution < -0.4 is 5.32 Å². The van der Waals surface area contributed by atoms with Crippen molar-refractivity contribution in [1.82, 2.24) is 5.32 Å². The Bertz CT molecular complexity index is 103. The first kappa shape index (κ1) is 5.12. The zero-order chi connectivity index (χ0) is 5.56. The van der Waals surface area contributed by atoms with Crippen LogP contribution in [0, 0.1) is 5.92 Å². The molecule has 2 unspecified atom stereocenters. The van der Waals surface area contributed by atoms with Crippen molar-refractivity contribution in [2.75, 3.05) is 6.54 Å². The maximum Gasteiger partial charge on any atom is 0.0107 e. The summed E-state index contributed by atoms with van der Waals surface area (Å²) in [6, 6.07) is 0.785. The fourth-order valence-electron chi connectivity index (χ4n) is 1.59. The summed E-state index contributed by atoms with van der Waals surface area (Å²) in [5.41, 5.74) is 0. The molecule has 1 saturated carbocycles. The van der Waals surface area contributed by atoms with Crippen LogP contribution >= 0.6 is 12.6 Å². The van der Waals surface area contributed by atoms with Crippen LogP contribution in [0.3, 0.4) is 0 Å². The Balaban J connectivity index is 2.11. The number of nitrogens with one attached hydrogen (secondary N) is 1. The average Bonchev–Trinajstić information content (AvgIpc) is 2.23. The van der Waals surface area contributed by atoms with E-state index in [9.17, 15) is 0 Å². The van der Waals surface area contributed by atoms with Crippen molar-refractivity contribution in [3.05, 3.63) is 5.92 Å². The second-order valence-electron chi connectivity index (χ2n) is 2.69. The largest absolute Gasteiger partial charge is 0.313 e. The third-order valence-corrected chi connectivity index (χ3v) is 2.68. The number of rotatable bonds is 0. The Labute approximate surface area is 55.3 Å². The monoisotopic (exact) mass is 128 g/mol. The van der Waals surface area contributed by atoms with Gasteiger partial charge in [-0.05, 0) is 12.8 Å². The molecule has 2 heteroatoms. The van der Waals surface area contributed by atoms with E-state index >= 15 is 0 Å².